The van der Waals surface area contributed by atoms with E-state index in [-0.39, 0.29) is 19.0 Å². The van der Waals surface area contributed by atoms with E-state index in [1.54, 1.807) is 17.1 Å². The van der Waals surface area contributed by atoms with Crippen LogP contribution in [0.4, 0.5) is 10.5 Å². The summed E-state index contributed by atoms with van der Waals surface area (Å²) in [6, 6.07) is 12.2. The molecule has 1 aliphatic heterocycles. The summed E-state index contributed by atoms with van der Waals surface area (Å²) in [5.74, 6) is 0.453. The van der Waals surface area contributed by atoms with E-state index < -0.39 is 6.03 Å². The van der Waals surface area contributed by atoms with Crippen molar-refractivity contribution in [2.24, 2.45) is 0 Å². The molecular weight excluding hydrogens is 504 g/mol. The predicted octanol–water partition coefficient (Wildman–Crippen LogP) is 1.32. The first kappa shape index (κ1) is 26.8. The molecule has 5 rings (SSSR count). The first-order valence-electron chi connectivity index (χ1n) is 12.9. The smallest absolute Gasteiger partial charge is 0.333 e. The monoisotopic (exact) mass is 536 g/mol. The lowest BCUT2D eigenvalue weighted by atomic mass is 10.0. The molecule has 2 amide bonds. The summed E-state index contributed by atoms with van der Waals surface area (Å²) < 4.78 is 11.1. The molecular formula is C27H32N6O6. The number of aliphatic hydroxyl groups is 2. The van der Waals surface area contributed by atoms with Crippen molar-refractivity contribution in [3.63, 3.8) is 0 Å². The second-order valence-corrected chi connectivity index (χ2v) is 9.21. The SMILES string of the molecule is O=C(Nc1cccc2c1C(=O)c1c-2n[nH]c1-c1ccc(OCCN(CCO)CCO)cc1)NN1CCOCC1. The van der Waals surface area contributed by atoms with Crippen molar-refractivity contribution in [1.29, 1.82) is 0 Å². The van der Waals surface area contributed by atoms with Crippen LogP contribution in [0.2, 0.25) is 0 Å². The number of ether oxygens (including phenoxy) is 2. The van der Waals surface area contributed by atoms with Gasteiger partial charge in [-0.1, -0.05) is 12.1 Å². The number of amides is 2. The maximum Gasteiger partial charge on any atom is 0.333 e. The maximum atomic E-state index is 13.6. The number of rotatable bonds is 11. The van der Waals surface area contributed by atoms with Gasteiger partial charge in [-0.3, -0.25) is 20.2 Å². The summed E-state index contributed by atoms with van der Waals surface area (Å²) in [7, 11) is 0. The van der Waals surface area contributed by atoms with Crippen molar-refractivity contribution in [3.05, 3.63) is 53.6 Å². The molecule has 1 aromatic heterocycles. The van der Waals surface area contributed by atoms with E-state index in [0.717, 1.165) is 5.56 Å². The molecule has 0 saturated carbocycles. The number of carbonyl (C=O) groups excluding carboxylic acids is 2. The molecule has 0 bridgehead atoms. The van der Waals surface area contributed by atoms with E-state index in [1.165, 1.54) is 0 Å². The molecule has 0 unspecified atom stereocenters. The van der Waals surface area contributed by atoms with Crippen molar-refractivity contribution in [3.8, 4) is 28.3 Å². The van der Waals surface area contributed by atoms with Crippen molar-refractivity contribution in [1.82, 2.24) is 25.5 Å². The van der Waals surface area contributed by atoms with Crippen LogP contribution < -0.4 is 15.5 Å². The van der Waals surface area contributed by atoms with Crippen molar-refractivity contribution in [2.45, 2.75) is 0 Å². The van der Waals surface area contributed by atoms with E-state index in [0.29, 0.717) is 92.1 Å². The molecule has 0 spiro atoms. The Morgan fingerprint density at radius 3 is 2.51 bits per heavy atom. The van der Waals surface area contributed by atoms with Crippen LogP contribution in [0.25, 0.3) is 22.5 Å². The Labute approximate surface area is 225 Å². The van der Waals surface area contributed by atoms with Crippen molar-refractivity contribution < 1.29 is 29.3 Å². The standard InChI is InChI=1S/C27H32N6O6/c34-13-8-32(9-14-35)10-17-39-19-6-4-18(5-7-19)24-23-25(30-29-24)20-2-1-3-21(22(20)26(23)36)28-27(37)31-33-11-15-38-16-12-33/h1-7,34-35H,8-17H2,(H,29,30)(H2,28,31,37). The molecule has 1 aliphatic carbocycles. The number of hydrogen-bond acceptors (Lipinski definition) is 9. The molecule has 12 heteroatoms. The highest BCUT2D eigenvalue weighted by atomic mass is 16.5. The van der Waals surface area contributed by atoms with Gasteiger partial charge in [-0.05, 0) is 30.3 Å². The number of aromatic amines is 1. The third-order valence-corrected chi connectivity index (χ3v) is 6.71. The number of benzene rings is 2. The number of morpholine rings is 1. The third kappa shape index (κ3) is 5.95. The highest BCUT2D eigenvalue weighted by molar-refractivity contribution is 6.26. The van der Waals surface area contributed by atoms with Crippen LogP contribution in [-0.4, -0.2) is 108 Å². The van der Waals surface area contributed by atoms with Gasteiger partial charge in [0.25, 0.3) is 0 Å². The summed E-state index contributed by atoms with van der Waals surface area (Å²) in [4.78, 5) is 28.1. The molecule has 1 fully saturated rings. The van der Waals surface area contributed by atoms with Crippen LogP contribution in [0.5, 0.6) is 5.75 Å². The van der Waals surface area contributed by atoms with Crippen molar-refractivity contribution in [2.75, 3.05) is 71.1 Å². The molecule has 12 nitrogen and oxygen atoms in total. The first-order valence-corrected chi connectivity index (χ1v) is 12.9. The van der Waals surface area contributed by atoms with E-state index in [2.05, 4.69) is 20.9 Å². The Bertz CT molecular complexity index is 1300. The number of H-pyrrole nitrogens is 1. The molecule has 1 saturated heterocycles. The van der Waals surface area contributed by atoms with Gasteiger partial charge >= 0.3 is 6.03 Å². The van der Waals surface area contributed by atoms with Crippen LogP contribution in [0.1, 0.15) is 15.9 Å². The van der Waals surface area contributed by atoms with Crippen LogP contribution >= 0.6 is 0 Å². The van der Waals surface area contributed by atoms with Crippen LogP contribution in [-0.2, 0) is 4.74 Å². The highest BCUT2D eigenvalue weighted by Gasteiger charge is 2.35. The quantitative estimate of drug-likeness (QED) is 0.191. The number of hydrazine groups is 1. The molecule has 2 heterocycles. The molecule has 0 atom stereocenters. The Morgan fingerprint density at radius 2 is 1.79 bits per heavy atom. The van der Waals surface area contributed by atoms with E-state index >= 15 is 0 Å². The number of urea groups is 1. The average molecular weight is 537 g/mol. The molecule has 5 N–H and O–H groups in total. The van der Waals surface area contributed by atoms with E-state index in [4.69, 9.17) is 19.7 Å². The molecule has 0 radical (unpaired) electrons. The van der Waals surface area contributed by atoms with Gasteiger partial charge in [0, 0.05) is 43.9 Å². The fourth-order valence-electron chi connectivity index (χ4n) is 4.79. The summed E-state index contributed by atoms with van der Waals surface area (Å²) in [6.07, 6.45) is 0. The number of carbonyl (C=O) groups is 2. The summed E-state index contributed by atoms with van der Waals surface area (Å²) in [5.41, 5.74) is 6.69. The molecule has 206 valence electrons. The minimum atomic E-state index is -0.421. The fourth-order valence-corrected chi connectivity index (χ4v) is 4.79. The number of nitrogens with one attached hydrogen (secondary N) is 3. The topological polar surface area (TPSA) is 152 Å². The largest absolute Gasteiger partial charge is 0.492 e. The maximum absolute atomic E-state index is 13.6. The van der Waals surface area contributed by atoms with Gasteiger partial charge in [0.1, 0.15) is 18.1 Å². The molecule has 39 heavy (non-hydrogen) atoms. The first-order chi connectivity index (χ1) is 19.1. The number of anilines is 1. The Kier molecular flexibility index (Phi) is 8.49. The summed E-state index contributed by atoms with van der Waals surface area (Å²) >= 11 is 0. The number of ketones is 1. The fraction of sp³-hybridized carbons (Fsp3) is 0.370. The third-order valence-electron chi connectivity index (χ3n) is 6.71. The Morgan fingerprint density at radius 1 is 1.05 bits per heavy atom. The van der Waals surface area contributed by atoms with Gasteiger partial charge < -0.3 is 25.0 Å². The number of nitrogens with zero attached hydrogens (tertiary/aromatic N) is 3. The molecule has 3 aromatic rings. The Hall–Kier alpha value is -3.81. The van der Waals surface area contributed by atoms with E-state index in [9.17, 15) is 9.59 Å². The number of aromatic nitrogens is 2. The lowest BCUT2D eigenvalue weighted by Crippen LogP contribution is -2.49. The highest BCUT2D eigenvalue weighted by Crippen LogP contribution is 2.43. The van der Waals surface area contributed by atoms with E-state index in [1.807, 2.05) is 35.2 Å². The zero-order valence-corrected chi connectivity index (χ0v) is 21.5. The lowest BCUT2D eigenvalue weighted by molar-refractivity contribution is 0.0207. The summed E-state index contributed by atoms with van der Waals surface area (Å²) in [6.45, 7) is 4.23. The lowest BCUT2D eigenvalue weighted by Gasteiger charge is -2.27. The number of hydrogen-bond donors (Lipinski definition) is 5. The van der Waals surface area contributed by atoms with Gasteiger partial charge in [0.05, 0.1) is 48.9 Å². The minimum absolute atomic E-state index is 0.0188. The predicted molar refractivity (Wildman–Crippen MR) is 144 cm³/mol. The number of fused-ring (bicyclic) bond motifs is 3. The molecule has 2 aromatic carbocycles. The van der Waals surface area contributed by atoms with Gasteiger partial charge in [-0.2, -0.15) is 5.10 Å². The van der Waals surface area contributed by atoms with Gasteiger partial charge in [-0.25, -0.2) is 9.80 Å². The zero-order chi connectivity index (χ0) is 27.2. The van der Waals surface area contributed by atoms with Gasteiger partial charge in [-0.15, -0.1) is 0 Å². The van der Waals surface area contributed by atoms with Crippen LogP contribution in [0.15, 0.2) is 42.5 Å². The zero-order valence-electron chi connectivity index (χ0n) is 21.5. The normalized spacial score (nSPS) is 14.8. The van der Waals surface area contributed by atoms with Gasteiger partial charge in [0.15, 0.2) is 5.78 Å². The average Bonchev–Trinajstić information content (AvgIpc) is 3.50. The number of aliphatic hydroxyl groups excluding tert-OH is 2. The minimum Gasteiger partial charge on any atom is -0.492 e. The van der Waals surface area contributed by atoms with Crippen LogP contribution in [0.3, 0.4) is 0 Å². The van der Waals surface area contributed by atoms with Crippen LogP contribution in [0, 0.1) is 0 Å². The van der Waals surface area contributed by atoms with Gasteiger partial charge in [0.2, 0.25) is 0 Å². The second kappa shape index (κ2) is 12.4. The van der Waals surface area contributed by atoms with Crippen molar-refractivity contribution >= 4 is 17.5 Å². The summed E-state index contributed by atoms with van der Waals surface area (Å²) in [5, 5.41) is 30.3. The second-order valence-electron chi connectivity index (χ2n) is 9.21. The Balaban J connectivity index is 1.27. The molecule has 2 aliphatic rings.